The van der Waals surface area contributed by atoms with E-state index in [9.17, 15) is 10.1 Å². The topological polar surface area (TPSA) is 52.4 Å². The van der Waals surface area contributed by atoms with Crippen molar-refractivity contribution < 1.29 is 9.66 Å². The zero-order valence-corrected chi connectivity index (χ0v) is 12.8. The van der Waals surface area contributed by atoms with Gasteiger partial charge >= 0.3 is 0 Å². The average Bonchev–Trinajstić information content (AvgIpc) is 2.46. The first-order chi connectivity index (χ1) is 10.0. The minimum atomic E-state index is -0.402. The zero-order valence-electron chi connectivity index (χ0n) is 11.3. The highest BCUT2D eigenvalue weighted by molar-refractivity contribution is 6.32. The summed E-state index contributed by atoms with van der Waals surface area (Å²) in [6.07, 6.45) is 0. The number of ether oxygens (including phenoxy) is 1. The third-order valence-electron chi connectivity index (χ3n) is 3.15. The zero-order chi connectivity index (χ0) is 15.4. The second kappa shape index (κ2) is 6.78. The summed E-state index contributed by atoms with van der Waals surface area (Å²) in [6.45, 7) is 1.92. The summed E-state index contributed by atoms with van der Waals surface area (Å²) in [5, 5.41) is 11.4. The molecule has 0 aromatic heterocycles. The molecule has 0 saturated heterocycles. The van der Waals surface area contributed by atoms with Crippen molar-refractivity contribution in [3.63, 3.8) is 0 Å². The van der Waals surface area contributed by atoms with Crippen LogP contribution in [0, 0.1) is 17.0 Å². The fourth-order valence-electron chi connectivity index (χ4n) is 1.92. The number of alkyl halides is 1. The molecule has 2 rings (SSSR count). The minimum Gasteiger partial charge on any atom is -0.487 e. The lowest BCUT2D eigenvalue weighted by molar-refractivity contribution is -0.385. The first kappa shape index (κ1) is 15.6. The van der Waals surface area contributed by atoms with Crippen LogP contribution in [0.4, 0.5) is 5.69 Å². The van der Waals surface area contributed by atoms with Crippen LogP contribution in [0.1, 0.15) is 16.7 Å². The minimum absolute atomic E-state index is 0.0830. The van der Waals surface area contributed by atoms with Gasteiger partial charge in [0.1, 0.15) is 12.4 Å². The van der Waals surface area contributed by atoms with Gasteiger partial charge < -0.3 is 4.74 Å². The molecule has 4 nitrogen and oxygen atoms in total. The molecule has 0 bridgehead atoms. The second-order valence-corrected chi connectivity index (χ2v) is 5.18. The number of halogens is 2. The van der Waals surface area contributed by atoms with Gasteiger partial charge in [-0.15, -0.1) is 11.6 Å². The van der Waals surface area contributed by atoms with E-state index in [0.717, 1.165) is 11.1 Å². The predicted molar refractivity (Wildman–Crippen MR) is 83.2 cm³/mol. The number of hydrogen-bond donors (Lipinski definition) is 0. The number of benzene rings is 2. The van der Waals surface area contributed by atoms with Gasteiger partial charge in [-0.3, -0.25) is 10.1 Å². The Bertz CT molecular complexity index is 674. The van der Waals surface area contributed by atoms with E-state index in [2.05, 4.69) is 0 Å². The van der Waals surface area contributed by atoms with Gasteiger partial charge in [-0.25, -0.2) is 0 Å². The number of nitrogens with zero attached hydrogens (tertiary/aromatic N) is 1. The van der Waals surface area contributed by atoms with E-state index >= 15 is 0 Å². The van der Waals surface area contributed by atoms with Crippen molar-refractivity contribution in [2.75, 3.05) is 0 Å². The summed E-state index contributed by atoms with van der Waals surface area (Å²) in [4.78, 5) is 10.5. The van der Waals surface area contributed by atoms with Gasteiger partial charge in [0, 0.05) is 17.5 Å². The predicted octanol–water partition coefficient (Wildman–Crippen LogP) is 4.87. The summed E-state index contributed by atoms with van der Waals surface area (Å²) in [7, 11) is 0. The first-order valence-electron chi connectivity index (χ1n) is 6.23. The highest BCUT2D eigenvalue weighted by Gasteiger charge is 2.13. The molecule has 2 aromatic carbocycles. The second-order valence-electron chi connectivity index (χ2n) is 4.51. The van der Waals surface area contributed by atoms with E-state index in [4.69, 9.17) is 27.9 Å². The Morgan fingerprint density at radius 2 is 2.05 bits per heavy atom. The molecule has 0 atom stereocenters. The van der Waals surface area contributed by atoms with Crippen molar-refractivity contribution in [3.8, 4) is 5.75 Å². The van der Waals surface area contributed by atoms with Crippen LogP contribution in [0.25, 0.3) is 0 Å². The summed E-state index contributed by atoms with van der Waals surface area (Å²) in [5.74, 6) is 0.903. The molecule has 0 aliphatic heterocycles. The van der Waals surface area contributed by atoms with Gasteiger partial charge in [0.25, 0.3) is 5.69 Å². The molecular formula is C15H13Cl2NO3. The van der Waals surface area contributed by atoms with Crippen LogP contribution >= 0.6 is 23.2 Å². The molecular weight excluding hydrogens is 313 g/mol. The van der Waals surface area contributed by atoms with Crippen molar-refractivity contribution in [2.45, 2.75) is 19.4 Å². The van der Waals surface area contributed by atoms with Crippen LogP contribution in [0.5, 0.6) is 5.75 Å². The molecule has 21 heavy (non-hydrogen) atoms. The van der Waals surface area contributed by atoms with Gasteiger partial charge in [0.15, 0.2) is 0 Å². The maximum absolute atomic E-state index is 10.9. The van der Waals surface area contributed by atoms with Crippen LogP contribution < -0.4 is 4.74 Å². The Kier molecular flexibility index (Phi) is 5.04. The lowest BCUT2D eigenvalue weighted by atomic mass is 10.1. The monoisotopic (exact) mass is 325 g/mol. The van der Waals surface area contributed by atoms with Crippen molar-refractivity contribution in [1.82, 2.24) is 0 Å². The van der Waals surface area contributed by atoms with E-state index in [0.29, 0.717) is 22.2 Å². The van der Waals surface area contributed by atoms with Crippen molar-refractivity contribution in [1.29, 1.82) is 0 Å². The Morgan fingerprint density at radius 3 is 2.67 bits per heavy atom. The first-order valence-corrected chi connectivity index (χ1v) is 7.14. The van der Waals surface area contributed by atoms with Gasteiger partial charge in [-0.1, -0.05) is 29.8 Å². The fraction of sp³-hybridized carbons (Fsp3) is 0.200. The van der Waals surface area contributed by atoms with E-state index < -0.39 is 4.92 Å². The summed E-state index contributed by atoms with van der Waals surface area (Å²) >= 11 is 11.8. The van der Waals surface area contributed by atoms with Crippen molar-refractivity contribution >= 4 is 28.9 Å². The van der Waals surface area contributed by atoms with Crippen LogP contribution in [0.3, 0.4) is 0 Å². The number of nitro benzene ring substituents is 1. The molecule has 0 N–H and O–H groups in total. The maximum atomic E-state index is 10.9. The third kappa shape index (κ3) is 3.65. The summed E-state index contributed by atoms with van der Waals surface area (Å²) in [6, 6.07) is 10.2. The fourth-order valence-corrected chi connectivity index (χ4v) is 2.35. The van der Waals surface area contributed by atoms with Crippen LogP contribution in [-0.2, 0) is 12.5 Å². The van der Waals surface area contributed by atoms with Crippen LogP contribution in [0.2, 0.25) is 5.02 Å². The molecule has 0 radical (unpaired) electrons. The largest absolute Gasteiger partial charge is 0.487 e. The molecule has 0 heterocycles. The van der Waals surface area contributed by atoms with E-state index in [1.165, 1.54) is 6.07 Å². The Hall–Kier alpha value is -1.78. The van der Waals surface area contributed by atoms with E-state index in [-0.39, 0.29) is 12.3 Å². The summed E-state index contributed by atoms with van der Waals surface area (Å²) in [5.41, 5.74) is 2.33. The SMILES string of the molecule is Cc1c(COc2ccc(CCl)cc2Cl)cccc1[N+](=O)[O-]. The lowest BCUT2D eigenvalue weighted by Crippen LogP contribution is -2.01. The molecule has 2 aromatic rings. The maximum Gasteiger partial charge on any atom is 0.272 e. The molecule has 0 saturated carbocycles. The van der Waals surface area contributed by atoms with E-state index in [1.807, 2.05) is 6.07 Å². The molecule has 0 aliphatic carbocycles. The lowest BCUT2D eigenvalue weighted by Gasteiger charge is -2.11. The Labute approximate surface area is 132 Å². The Morgan fingerprint density at radius 1 is 1.29 bits per heavy atom. The van der Waals surface area contributed by atoms with Crippen LogP contribution in [0.15, 0.2) is 36.4 Å². The standard InChI is InChI=1S/C15H13Cl2NO3/c1-10-12(3-2-4-14(10)18(19)20)9-21-15-6-5-11(8-16)7-13(15)17/h2-7H,8-9H2,1H3. The molecule has 0 spiro atoms. The van der Waals surface area contributed by atoms with Gasteiger partial charge in [0.2, 0.25) is 0 Å². The smallest absolute Gasteiger partial charge is 0.272 e. The summed E-state index contributed by atoms with van der Waals surface area (Å²) < 4.78 is 5.64. The molecule has 110 valence electrons. The normalized spacial score (nSPS) is 10.4. The van der Waals surface area contributed by atoms with Crippen LogP contribution in [-0.4, -0.2) is 4.92 Å². The number of hydrogen-bond acceptors (Lipinski definition) is 3. The van der Waals surface area contributed by atoms with Gasteiger partial charge in [-0.05, 0) is 30.2 Å². The quantitative estimate of drug-likeness (QED) is 0.447. The molecule has 0 fully saturated rings. The number of nitro groups is 1. The number of rotatable bonds is 5. The molecule has 6 heteroatoms. The van der Waals surface area contributed by atoms with Gasteiger partial charge in [0.05, 0.1) is 9.95 Å². The van der Waals surface area contributed by atoms with E-state index in [1.54, 1.807) is 31.2 Å². The van der Waals surface area contributed by atoms with Crippen molar-refractivity contribution in [3.05, 3.63) is 68.2 Å². The highest BCUT2D eigenvalue weighted by atomic mass is 35.5. The Balaban J connectivity index is 2.17. The van der Waals surface area contributed by atoms with Crippen molar-refractivity contribution in [2.24, 2.45) is 0 Å². The van der Waals surface area contributed by atoms with Gasteiger partial charge in [-0.2, -0.15) is 0 Å². The average molecular weight is 326 g/mol. The highest BCUT2D eigenvalue weighted by Crippen LogP contribution is 2.28. The molecule has 0 amide bonds. The molecule has 0 aliphatic rings. The molecule has 0 unspecified atom stereocenters. The third-order valence-corrected chi connectivity index (χ3v) is 3.75.